The molecule has 3 heteroatoms. The molecule has 0 aromatic heterocycles. The highest BCUT2D eigenvalue weighted by atomic mass is 16.1. The lowest BCUT2D eigenvalue weighted by atomic mass is 10.0. The molecule has 0 amide bonds. The van der Waals surface area contributed by atoms with Gasteiger partial charge in [0, 0.05) is 11.1 Å². The number of allylic oxidation sites excluding steroid dienone is 1. The van der Waals surface area contributed by atoms with Gasteiger partial charge in [-0.3, -0.25) is 9.59 Å². The minimum absolute atomic E-state index is 0.225. The first-order valence-corrected chi connectivity index (χ1v) is 6.01. The summed E-state index contributed by atoms with van der Waals surface area (Å²) in [6.45, 7) is 0. The number of hydrogen-bond donors (Lipinski definition) is 0. The van der Waals surface area contributed by atoms with E-state index in [1.807, 2.05) is 6.07 Å². The molecule has 0 saturated heterocycles. The number of benzene rings is 2. The van der Waals surface area contributed by atoms with Crippen LogP contribution in [-0.4, -0.2) is 12.1 Å². The van der Waals surface area contributed by atoms with Gasteiger partial charge in [0.25, 0.3) is 0 Å². The van der Waals surface area contributed by atoms with Gasteiger partial charge in [0.2, 0.25) is 0 Å². The smallest absolute Gasteiger partial charge is 0.186 e. The van der Waals surface area contributed by atoms with E-state index in [4.69, 9.17) is 5.26 Å². The molecule has 0 fully saturated rings. The number of ketones is 1. The molecule has 0 spiro atoms. The molecule has 0 aliphatic carbocycles. The number of rotatable bonds is 4. The van der Waals surface area contributed by atoms with Gasteiger partial charge in [-0.15, -0.1) is 0 Å². The van der Waals surface area contributed by atoms with Crippen molar-refractivity contribution in [2.24, 2.45) is 0 Å². The summed E-state index contributed by atoms with van der Waals surface area (Å²) >= 11 is 0. The number of carbonyl (C=O) groups excluding carboxylic acids is 2. The van der Waals surface area contributed by atoms with Gasteiger partial charge in [-0.05, 0) is 23.8 Å². The zero-order valence-corrected chi connectivity index (χ0v) is 10.6. The summed E-state index contributed by atoms with van der Waals surface area (Å²) in [5.41, 5.74) is 2.15. The maximum absolute atomic E-state index is 12.0. The van der Waals surface area contributed by atoms with Gasteiger partial charge >= 0.3 is 0 Å². The molecule has 2 aromatic rings. The van der Waals surface area contributed by atoms with Crippen LogP contribution in [0.4, 0.5) is 0 Å². The van der Waals surface area contributed by atoms with Gasteiger partial charge in [-0.25, -0.2) is 0 Å². The Kier molecular flexibility index (Phi) is 4.21. The maximum atomic E-state index is 12.0. The van der Waals surface area contributed by atoms with Crippen molar-refractivity contribution in [1.29, 1.82) is 5.26 Å². The Balaban J connectivity index is 2.20. The molecule has 0 radical (unpaired) electrons. The fourth-order valence-electron chi connectivity index (χ4n) is 1.75. The molecular formula is C17H11NO2. The highest BCUT2D eigenvalue weighted by molar-refractivity contribution is 6.10. The van der Waals surface area contributed by atoms with Crippen molar-refractivity contribution >= 4 is 18.1 Å². The highest BCUT2D eigenvalue weighted by Crippen LogP contribution is 2.10. The zero-order chi connectivity index (χ0) is 14.4. The predicted molar refractivity (Wildman–Crippen MR) is 76.4 cm³/mol. The summed E-state index contributed by atoms with van der Waals surface area (Å²) in [6.07, 6.45) is 3.75. The first-order valence-electron chi connectivity index (χ1n) is 6.01. The third kappa shape index (κ3) is 3.06. The van der Waals surface area contributed by atoms with E-state index in [2.05, 4.69) is 0 Å². The van der Waals surface area contributed by atoms with E-state index in [9.17, 15) is 9.59 Å². The standard InChI is InChI=1S/C17H11NO2/c18-11-14-7-5-13(6-8-14)9-10-17(20)16-4-2-1-3-15(16)12-19/h1-10,12H/b10-9+. The lowest BCUT2D eigenvalue weighted by molar-refractivity contribution is 0.103. The molecule has 2 rings (SSSR count). The van der Waals surface area contributed by atoms with Gasteiger partial charge in [0.1, 0.15) is 0 Å². The molecular weight excluding hydrogens is 250 g/mol. The Hall–Kier alpha value is -2.99. The summed E-state index contributed by atoms with van der Waals surface area (Å²) in [5.74, 6) is -0.225. The highest BCUT2D eigenvalue weighted by Gasteiger charge is 2.06. The normalized spacial score (nSPS) is 10.2. The second-order valence-electron chi connectivity index (χ2n) is 4.14. The monoisotopic (exact) mass is 261 g/mol. The minimum Gasteiger partial charge on any atom is -0.298 e. The number of aldehydes is 1. The SMILES string of the molecule is N#Cc1ccc(/C=C/C(=O)c2ccccc2C=O)cc1. The average molecular weight is 261 g/mol. The van der Waals surface area contributed by atoms with E-state index in [1.54, 1.807) is 54.6 Å². The molecule has 0 atom stereocenters. The van der Waals surface area contributed by atoms with Crippen molar-refractivity contribution in [3.05, 3.63) is 76.9 Å². The minimum atomic E-state index is -0.225. The van der Waals surface area contributed by atoms with Crippen LogP contribution in [0.1, 0.15) is 31.8 Å². The third-order valence-corrected chi connectivity index (χ3v) is 2.82. The fourth-order valence-corrected chi connectivity index (χ4v) is 1.75. The number of carbonyl (C=O) groups is 2. The van der Waals surface area contributed by atoms with Gasteiger partial charge < -0.3 is 0 Å². The zero-order valence-electron chi connectivity index (χ0n) is 10.6. The topological polar surface area (TPSA) is 57.9 Å². The van der Waals surface area contributed by atoms with Crippen molar-refractivity contribution in [3.8, 4) is 6.07 Å². The maximum Gasteiger partial charge on any atom is 0.186 e. The van der Waals surface area contributed by atoms with Crippen LogP contribution in [-0.2, 0) is 0 Å². The lowest BCUT2D eigenvalue weighted by Crippen LogP contribution is -1.99. The summed E-state index contributed by atoms with van der Waals surface area (Å²) in [6, 6.07) is 15.6. The van der Waals surface area contributed by atoms with Gasteiger partial charge in [-0.2, -0.15) is 5.26 Å². The molecule has 0 bridgehead atoms. The molecule has 2 aromatic carbocycles. The van der Waals surface area contributed by atoms with Crippen molar-refractivity contribution in [2.75, 3.05) is 0 Å². The number of nitrogens with zero attached hydrogens (tertiary/aromatic N) is 1. The van der Waals surface area contributed by atoms with Crippen LogP contribution < -0.4 is 0 Å². The number of nitriles is 1. The fraction of sp³-hybridized carbons (Fsp3) is 0. The molecule has 0 N–H and O–H groups in total. The molecule has 20 heavy (non-hydrogen) atoms. The van der Waals surface area contributed by atoms with Crippen LogP contribution in [0, 0.1) is 11.3 Å². The van der Waals surface area contributed by atoms with Crippen LogP contribution in [0.3, 0.4) is 0 Å². The Labute approximate surface area is 116 Å². The van der Waals surface area contributed by atoms with Gasteiger partial charge in [0.05, 0.1) is 11.6 Å². The summed E-state index contributed by atoms with van der Waals surface area (Å²) in [5, 5.41) is 8.70. The van der Waals surface area contributed by atoms with E-state index in [-0.39, 0.29) is 5.78 Å². The van der Waals surface area contributed by atoms with Crippen LogP contribution in [0.15, 0.2) is 54.6 Å². The second kappa shape index (κ2) is 6.26. The summed E-state index contributed by atoms with van der Waals surface area (Å²) in [4.78, 5) is 22.9. The Morgan fingerprint density at radius 2 is 1.75 bits per heavy atom. The molecule has 3 nitrogen and oxygen atoms in total. The van der Waals surface area contributed by atoms with Crippen LogP contribution >= 0.6 is 0 Å². The molecule has 96 valence electrons. The van der Waals surface area contributed by atoms with E-state index >= 15 is 0 Å². The summed E-state index contributed by atoms with van der Waals surface area (Å²) in [7, 11) is 0. The predicted octanol–water partition coefficient (Wildman–Crippen LogP) is 3.27. The lowest BCUT2D eigenvalue weighted by Gasteiger charge is -1.99. The van der Waals surface area contributed by atoms with Crippen molar-refractivity contribution < 1.29 is 9.59 Å². The average Bonchev–Trinajstić information content (AvgIpc) is 2.53. The van der Waals surface area contributed by atoms with Gasteiger partial charge in [-0.1, -0.05) is 42.5 Å². The third-order valence-electron chi connectivity index (χ3n) is 2.82. The molecule has 0 heterocycles. The van der Waals surface area contributed by atoms with E-state index in [0.29, 0.717) is 23.0 Å². The quantitative estimate of drug-likeness (QED) is 0.482. The van der Waals surface area contributed by atoms with Gasteiger partial charge in [0.15, 0.2) is 12.1 Å². The van der Waals surface area contributed by atoms with Crippen molar-refractivity contribution in [3.63, 3.8) is 0 Å². The molecule has 0 aliphatic rings. The van der Waals surface area contributed by atoms with Crippen molar-refractivity contribution in [2.45, 2.75) is 0 Å². The van der Waals surface area contributed by atoms with Crippen LogP contribution in [0.25, 0.3) is 6.08 Å². The van der Waals surface area contributed by atoms with E-state index in [0.717, 1.165) is 5.56 Å². The molecule has 0 unspecified atom stereocenters. The van der Waals surface area contributed by atoms with Crippen LogP contribution in [0.5, 0.6) is 0 Å². The Morgan fingerprint density at radius 3 is 2.40 bits per heavy atom. The number of hydrogen-bond acceptors (Lipinski definition) is 3. The van der Waals surface area contributed by atoms with Crippen molar-refractivity contribution in [1.82, 2.24) is 0 Å². The first-order chi connectivity index (χ1) is 9.74. The summed E-state index contributed by atoms with van der Waals surface area (Å²) < 4.78 is 0. The van der Waals surface area contributed by atoms with E-state index in [1.165, 1.54) is 6.08 Å². The van der Waals surface area contributed by atoms with Crippen LogP contribution in [0.2, 0.25) is 0 Å². The Morgan fingerprint density at radius 1 is 1.05 bits per heavy atom. The Bertz CT molecular complexity index is 707. The van der Waals surface area contributed by atoms with E-state index < -0.39 is 0 Å². The first kappa shape index (κ1) is 13.4. The molecule has 0 saturated carbocycles. The molecule has 0 aliphatic heterocycles. The second-order valence-corrected chi connectivity index (χ2v) is 4.14. The largest absolute Gasteiger partial charge is 0.298 e.